The third-order valence-electron chi connectivity index (χ3n) is 2.74. The van der Waals surface area contributed by atoms with E-state index < -0.39 is 0 Å². The summed E-state index contributed by atoms with van der Waals surface area (Å²) in [6, 6.07) is 1.62. The molecule has 0 spiro atoms. The molecule has 2 N–H and O–H groups in total. The predicted octanol–water partition coefficient (Wildman–Crippen LogP) is 1.79. The Kier molecular flexibility index (Phi) is 7.12. The number of nitrogens with one attached hydrogen (secondary N) is 1. The number of nitrogens with zero attached hydrogens (tertiary/aromatic N) is 1. The van der Waals surface area contributed by atoms with Gasteiger partial charge in [0.05, 0.1) is 12.6 Å². The number of aryl methyl sites for hydroxylation is 1. The van der Waals surface area contributed by atoms with E-state index in [0.29, 0.717) is 18.7 Å². The first kappa shape index (κ1) is 16.2. The lowest BCUT2D eigenvalue weighted by Crippen LogP contribution is -2.39. The molecule has 1 amide bonds. The van der Waals surface area contributed by atoms with Gasteiger partial charge in [-0.15, -0.1) is 0 Å². The van der Waals surface area contributed by atoms with E-state index in [4.69, 9.17) is 9.84 Å². The summed E-state index contributed by atoms with van der Waals surface area (Å²) in [5.74, 6) is -0.144. The van der Waals surface area contributed by atoms with Crippen molar-refractivity contribution in [2.24, 2.45) is 0 Å². The average molecular weight is 333 g/mol. The molecule has 1 rings (SSSR count). The molecule has 0 aliphatic heterocycles. The third-order valence-corrected chi connectivity index (χ3v) is 3.17. The molecule has 0 aromatic carbocycles. The maximum absolute atomic E-state index is 12.2. The summed E-state index contributed by atoms with van der Waals surface area (Å²) in [7, 11) is 1.58. The molecule has 0 bridgehead atoms. The van der Waals surface area contributed by atoms with Crippen molar-refractivity contribution in [1.82, 2.24) is 9.88 Å². The van der Waals surface area contributed by atoms with E-state index in [1.807, 2.05) is 10.8 Å². The van der Waals surface area contributed by atoms with Gasteiger partial charge in [0.15, 0.2) is 0 Å². The fourth-order valence-electron chi connectivity index (χ4n) is 1.90. The number of hydrogen-bond donors (Lipinski definition) is 2. The van der Waals surface area contributed by atoms with Crippen LogP contribution < -0.4 is 5.32 Å². The van der Waals surface area contributed by atoms with Crippen LogP contribution in [0.3, 0.4) is 0 Å². The molecule has 1 aromatic heterocycles. The van der Waals surface area contributed by atoms with Crippen molar-refractivity contribution in [1.29, 1.82) is 0 Å². The molecule has 0 saturated carbocycles. The maximum Gasteiger partial charge on any atom is 0.268 e. The van der Waals surface area contributed by atoms with E-state index in [2.05, 4.69) is 28.2 Å². The molecule has 5 nitrogen and oxygen atoms in total. The fourth-order valence-corrected chi connectivity index (χ4v) is 2.37. The highest BCUT2D eigenvalue weighted by molar-refractivity contribution is 9.10. The minimum Gasteiger partial charge on any atom is -0.396 e. The van der Waals surface area contributed by atoms with E-state index in [9.17, 15) is 4.79 Å². The molecule has 1 atom stereocenters. The van der Waals surface area contributed by atoms with Gasteiger partial charge in [-0.2, -0.15) is 0 Å². The number of carbonyl (C=O) groups excluding carboxylic acids is 1. The molecule has 0 fully saturated rings. The molecule has 0 aliphatic carbocycles. The topological polar surface area (TPSA) is 63.5 Å². The molecule has 0 radical (unpaired) electrons. The zero-order valence-electron chi connectivity index (χ0n) is 11.4. The van der Waals surface area contributed by atoms with Gasteiger partial charge in [-0.05, 0) is 34.8 Å². The summed E-state index contributed by atoms with van der Waals surface area (Å²) in [6.07, 6.45) is 3.34. The second-order valence-electron chi connectivity index (χ2n) is 4.37. The van der Waals surface area contributed by atoms with Gasteiger partial charge in [0, 0.05) is 30.9 Å². The van der Waals surface area contributed by atoms with Gasteiger partial charge in [0.2, 0.25) is 0 Å². The van der Waals surface area contributed by atoms with Crippen LogP contribution in [0.15, 0.2) is 16.7 Å². The monoisotopic (exact) mass is 332 g/mol. The van der Waals surface area contributed by atoms with Gasteiger partial charge in [-0.1, -0.05) is 6.92 Å². The zero-order valence-corrected chi connectivity index (χ0v) is 12.9. The number of ether oxygens (including phenoxy) is 1. The number of methoxy groups -OCH3 is 1. The lowest BCUT2D eigenvalue weighted by Gasteiger charge is -2.17. The van der Waals surface area contributed by atoms with Gasteiger partial charge in [-0.25, -0.2) is 0 Å². The highest BCUT2D eigenvalue weighted by atomic mass is 79.9. The molecule has 1 heterocycles. The summed E-state index contributed by atoms with van der Waals surface area (Å²) in [6.45, 7) is 3.27. The highest BCUT2D eigenvalue weighted by Gasteiger charge is 2.17. The Balaban J connectivity index is 2.75. The van der Waals surface area contributed by atoms with Crippen molar-refractivity contribution < 1.29 is 14.6 Å². The van der Waals surface area contributed by atoms with Crippen molar-refractivity contribution in [3.63, 3.8) is 0 Å². The molecule has 0 aliphatic rings. The van der Waals surface area contributed by atoms with Gasteiger partial charge in [0.1, 0.15) is 5.69 Å². The van der Waals surface area contributed by atoms with E-state index in [0.717, 1.165) is 17.4 Å². The third kappa shape index (κ3) is 4.97. The fraction of sp³-hybridized carbons (Fsp3) is 0.615. The van der Waals surface area contributed by atoms with Crippen molar-refractivity contribution in [2.45, 2.75) is 32.4 Å². The lowest BCUT2D eigenvalue weighted by atomic mass is 10.2. The van der Waals surface area contributed by atoms with Crippen LogP contribution in [-0.2, 0) is 11.3 Å². The van der Waals surface area contributed by atoms with E-state index in [1.54, 1.807) is 13.2 Å². The summed E-state index contributed by atoms with van der Waals surface area (Å²) < 4.78 is 7.84. The second kappa shape index (κ2) is 8.35. The quantitative estimate of drug-likeness (QED) is 0.762. The van der Waals surface area contributed by atoms with Gasteiger partial charge in [-0.3, -0.25) is 4.79 Å². The normalized spacial score (nSPS) is 12.4. The SMILES string of the molecule is CCCn1cc(Br)cc1C(=O)NC(CCO)COC. The molecule has 0 saturated heterocycles. The van der Waals surface area contributed by atoms with Crippen LogP contribution >= 0.6 is 15.9 Å². The van der Waals surface area contributed by atoms with Crippen LogP contribution in [0.25, 0.3) is 0 Å². The Morgan fingerprint density at radius 2 is 2.37 bits per heavy atom. The number of carbonyl (C=O) groups is 1. The van der Waals surface area contributed by atoms with Crippen LogP contribution in [0.1, 0.15) is 30.3 Å². The number of rotatable bonds is 8. The molecular weight excluding hydrogens is 312 g/mol. The Labute approximate surface area is 122 Å². The number of aliphatic hydroxyl groups is 1. The summed E-state index contributed by atoms with van der Waals surface area (Å²) in [4.78, 5) is 12.2. The first-order valence-corrected chi connectivity index (χ1v) is 7.18. The van der Waals surface area contributed by atoms with Crippen molar-refractivity contribution >= 4 is 21.8 Å². The number of amides is 1. The summed E-state index contributed by atoms with van der Waals surface area (Å²) >= 11 is 3.38. The maximum atomic E-state index is 12.2. The molecular formula is C13H21BrN2O3. The molecule has 1 unspecified atom stereocenters. The lowest BCUT2D eigenvalue weighted by molar-refractivity contribution is 0.0869. The Morgan fingerprint density at radius 3 is 2.95 bits per heavy atom. The second-order valence-corrected chi connectivity index (χ2v) is 5.29. The number of aliphatic hydroxyl groups excluding tert-OH is 1. The molecule has 108 valence electrons. The van der Waals surface area contributed by atoms with E-state index >= 15 is 0 Å². The van der Waals surface area contributed by atoms with Crippen molar-refractivity contribution in [3.8, 4) is 0 Å². The van der Waals surface area contributed by atoms with Gasteiger partial charge >= 0.3 is 0 Å². The van der Waals surface area contributed by atoms with Crippen LogP contribution in [-0.4, -0.2) is 41.9 Å². The minimum atomic E-state index is -0.175. The first-order chi connectivity index (χ1) is 9.12. The number of halogens is 1. The van der Waals surface area contributed by atoms with Crippen LogP contribution in [0.5, 0.6) is 0 Å². The van der Waals surface area contributed by atoms with Crippen LogP contribution in [0.4, 0.5) is 0 Å². The predicted molar refractivity (Wildman–Crippen MR) is 77.3 cm³/mol. The Hall–Kier alpha value is -0.850. The Morgan fingerprint density at radius 1 is 1.63 bits per heavy atom. The number of aromatic nitrogens is 1. The largest absolute Gasteiger partial charge is 0.396 e. The summed E-state index contributed by atoms with van der Waals surface area (Å²) in [5.41, 5.74) is 0.618. The van der Waals surface area contributed by atoms with E-state index in [-0.39, 0.29) is 18.6 Å². The van der Waals surface area contributed by atoms with Gasteiger partial charge in [0.25, 0.3) is 5.91 Å². The standard InChI is InChI=1S/C13H21BrN2O3/c1-3-5-16-8-10(14)7-12(16)13(18)15-11(4-6-17)9-19-2/h7-8,11,17H,3-6,9H2,1-2H3,(H,15,18). The molecule has 19 heavy (non-hydrogen) atoms. The first-order valence-electron chi connectivity index (χ1n) is 6.38. The van der Waals surface area contributed by atoms with Crippen molar-refractivity contribution in [2.75, 3.05) is 20.3 Å². The average Bonchev–Trinajstić information content (AvgIpc) is 2.71. The number of hydrogen-bond acceptors (Lipinski definition) is 3. The molecule has 1 aromatic rings. The van der Waals surface area contributed by atoms with Crippen LogP contribution in [0, 0.1) is 0 Å². The minimum absolute atomic E-state index is 0.0218. The highest BCUT2D eigenvalue weighted by Crippen LogP contribution is 2.15. The van der Waals surface area contributed by atoms with Crippen LogP contribution in [0.2, 0.25) is 0 Å². The Bertz CT molecular complexity index is 401. The summed E-state index contributed by atoms with van der Waals surface area (Å²) in [5, 5.41) is 11.9. The van der Waals surface area contributed by atoms with E-state index in [1.165, 1.54) is 0 Å². The smallest absolute Gasteiger partial charge is 0.268 e. The van der Waals surface area contributed by atoms with Gasteiger partial charge < -0.3 is 19.7 Å². The zero-order chi connectivity index (χ0) is 14.3. The molecule has 6 heteroatoms. The van der Waals surface area contributed by atoms with Crippen molar-refractivity contribution in [3.05, 3.63) is 22.4 Å².